The molecule has 0 aromatic carbocycles. The third kappa shape index (κ3) is 3.80. The lowest BCUT2D eigenvalue weighted by atomic mass is 9.91. The fraction of sp³-hybridized carbons (Fsp3) is 0.909. The van der Waals surface area contributed by atoms with E-state index in [4.69, 9.17) is 5.11 Å². The summed E-state index contributed by atoms with van der Waals surface area (Å²) >= 11 is 0. The van der Waals surface area contributed by atoms with Gasteiger partial charge in [0.25, 0.3) is 0 Å². The van der Waals surface area contributed by atoms with E-state index in [9.17, 15) is 9.90 Å². The van der Waals surface area contributed by atoms with Crippen molar-refractivity contribution in [1.82, 2.24) is 5.32 Å². The predicted octanol–water partition coefficient (Wildman–Crippen LogP) is 1.38. The van der Waals surface area contributed by atoms with Crippen molar-refractivity contribution in [3.63, 3.8) is 0 Å². The third-order valence-electron chi connectivity index (χ3n) is 3.19. The van der Waals surface area contributed by atoms with Crippen LogP contribution in [0.5, 0.6) is 0 Å². The molecular weight excluding hydrogens is 194 g/mol. The van der Waals surface area contributed by atoms with Gasteiger partial charge in [-0.1, -0.05) is 20.8 Å². The van der Waals surface area contributed by atoms with Crippen molar-refractivity contribution >= 4 is 5.97 Å². The van der Waals surface area contributed by atoms with Crippen molar-refractivity contribution in [3.05, 3.63) is 0 Å². The summed E-state index contributed by atoms with van der Waals surface area (Å²) in [6.07, 6.45) is 1.63. The molecule has 0 aliphatic rings. The second-order valence-electron chi connectivity index (χ2n) is 4.30. The lowest BCUT2D eigenvalue weighted by molar-refractivity contribution is -0.145. The smallest absolute Gasteiger partial charge is 0.323 e. The second-order valence-corrected chi connectivity index (χ2v) is 4.30. The minimum Gasteiger partial charge on any atom is -0.480 e. The zero-order chi connectivity index (χ0) is 12.1. The molecule has 0 aliphatic heterocycles. The molecule has 0 aliphatic carbocycles. The lowest BCUT2D eigenvalue weighted by Crippen LogP contribution is -2.55. The van der Waals surface area contributed by atoms with Gasteiger partial charge in [0, 0.05) is 6.54 Å². The van der Waals surface area contributed by atoms with Gasteiger partial charge in [0.05, 0.1) is 5.60 Å². The summed E-state index contributed by atoms with van der Waals surface area (Å²) in [6, 6.07) is 0. The molecular formula is C11H23NO3. The molecule has 1 atom stereocenters. The van der Waals surface area contributed by atoms with E-state index in [1.165, 1.54) is 0 Å². The van der Waals surface area contributed by atoms with Crippen molar-refractivity contribution < 1.29 is 15.0 Å². The summed E-state index contributed by atoms with van der Waals surface area (Å²) in [5.74, 6) is -0.848. The molecule has 0 saturated heterocycles. The Hall–Kier alpha value is -0.610. The summed E-state index contributed by atoms with van der Waals surface area (Å²) in [5, 5.41) is 21.9. The molecule has 0 radical (unpaired) electrons. The van der Waals surface area contributed by atoms with Crippen molar-refractivity contribution in [2.75, 3.05) is 6.54 Å². The highest BCUT2D eigenvalue weighted by molar-refractivity contribution is 5.78. The fourth-order valence-electron chi connectivity index (χ4n) is 1.36. The van der Waals surface area contributed by atoms with Crippen LogP contribution in [0.25, 0.3) is 0 Å². The van der Waals surface area contributed by atoms with E-state index in [0.717, 1.165) is 0 Å². The van der Waals surface area contributed by atoms with Crippen LogP contribution in [0, 0.1) is 0 Å². The van der Waals surface area contributed by atoms with Crippen molar-refractivity contribution in [2.45, 2.75) is 58.1 Å². The Morgan fingerprint density at radius 1 is 1.20 bits per heavy atom. The molecule has 0 amide bonds. The Morgan fingerprint density at radius 2 is 1.67 bits per heavy atom. The van der Waals surface area contributed by atoms with Gasteiger partial charge < -0.3 is 10.2 Å². The predicted molar refractivity (Wildman–Crippen MR) is 59.9 cm³/mol. The zero-order valence-electron chi connectivity index (χ0n) is 10.1. The minimum absolute atomic E-state index is 0.303. The molecule has 3 N–H and O–H groups in total. The van der Waals surface area contributed by atoms with Gasteiger partial charge in [-0.25, -0.2) is 0 Å². The zero-order valence-corrected chi connectivity index (χ0v) is 10.1. The molecule has 0 heterocycles. The average Bonchev–Trinajstić information content (AvgIpc) is 2.20. The van der Waals surface area contributed by atoms with Crippen LogP contribution in [0.3, 0.4) is 0 Å². The first-order valence-electron chi connectivity index (χ1n) is 5.54. The fourth-order valence-corrected chi connectivity index (χ4v) is 1.36. The van der Waals surface area contributed by atoms with E-state index >= 15 is 0 Å². The van der Waals surface area contributed by atoms with Crippen LogP contribution in [-0.4, -0.2) is 33.9 Å². The van der Waals surface area contributed by atoms with E-state index in [2.05, 4.69) is 5.32 Å². The number of hydrogen-bond donors (Lipinski definition) is 3. The average molecular weight is 217 g/mol. The number of aliphatic carboxylic acids is 1. The van der Waals surface area contributed by atoms with E-state index in [1.54, 1.807) is 6.92 Å². The number of carboxylic acid groups (broad SMARTS) is 1. The van der Waals surface area contributed by atoms with Gasteiger partial charge in [-0.3, -0.25) is 10.1 Å². The van der Waals surface area contributed by atoms with Crippen LogP contribution >= 0.6 is 0 Å². The monoisotopic (exact) mass is 217 g/mol. The number of nitrogens with one attached hydrogen (secondary N) is 1. The number of aliphatic hydroxyl groups is 1. The number of rotatable bonds is 7. The Bertz CT molecular complexity index is 210. The van der Waals surface area contributed by atoms with E-state index in [1.807, 2.05) is 20.8 Å². The first-order valence-corrected chi connectivity index (χ1v) is 5.54. The summed E-state index contributed by atoms with van der Waals surface area (Å²) in [4.78, 5) is 11.1. The van der Waals surface area contributed by atoms with E-state index in [0.29, 0.717) is 25.8 Å². The molecule has 0 bridgehead atoms. The molecule has 0 spiro atoms. The maximum Gasteiger partial charge on any atom is 0.323 e. The molecule has 0 aromatic heterocycles. The van der Waals surface area contributed by atoms with Gasteiger partial charge in [-0.2, -0.15) is 0 Å². The molecule has 0 fully saturated rings. The number of carbonyl (C=O) groups is 1. The number of β-amino-alcohol motifs (C(OH)–C–C–N with tert-alkyl or cyclic N) is 1. The quantitative estimate of drug-likeness (QED) is 0.602. The van der Waals surface area contributed by atoms with Crippen molar-refractivity contribution in [1.29, 1.82) is 0 Å². The largest absolute Gasteiger partial charge is 0.480 e. The highest BCUT2D eigenvalue weighted by atomic mass is 16.4. The third-order valence-corrected chi connectivity index (χ3v) is 3.19. The summed E-state index contributed by atoms with van der Waals surface area (Å²) in [5.41, 5.74) is -1.75. The minimum atomic E-state index is -0.904. The van der Waals surface area contributed by atoms with E-state index in [-0.39, 0.29) is 0 Å². The Labute approximate surface area is 91.7 Å². The maximum atomic E-state index is 11.1. The SMILES string of the molecule is CCC(C)(O)CNC(CC)(CC)C(=O)O. The topological polar surface area (TPSA) is 69.6 Å². The highest BCUT2D eigenvalue weighted by Crippen LogP contribution is 2.17. The van der Waals surface area contributed by atoms with Crippen LogP contribution in [0.1, 0.15) is 47.0 Å². The molecule has 0 aromatic rings. The molecule has 15 heavy (non-hydrogen) atoms. The molecule has 1 unspecified atom stereocenters. The van der Waals surface area contributed by atoms with E-state index < -0.39 is 17.1 Å². The van der Waals surface area contributed by atoms with Crippen LogP contribution < -0.4 is 5.32 Å². The molecule has 4 heteroatoms. The molecule has 0 saturated carbocycles. The standard InChI is InChI=1S/C11H23NO3/c1-5-10(4,15)8-12-11(6-2,7-3)9(13)14/h12,15H,5-8H2,1-4H3,(H,13,14). The maximum absolute atomic E-state index is 11.1. The van der Waals surface area contributed by atoms with Gasteiger partial charge in [0.1, 0.15) is 5.54 Å². The Balaban J connectivity index is 4.50. The Morgan fingerprint density at radius 3 is 1.93 bits per heavy atom. The molecule has 4 nitrogen and oxygen atoms in total. The second kappa shape index (κ2) is 5.47. The Kier molecular flexibility index (Phi) is 5.24. The van der Waals surface area contributed by atoms with Gasteiger partial charge in [0.2, 0.25) is 0 Å². The number of hydrogen-bond acceptors (Lipinski definition) is 3. The van der Waals surface area contributed by atoms with Crippen molar-refractivity contribution in [3.8, 4) is 0 Å². The summed E-state index contributed by atoms with van der Waals surface area (Å²) in [6.45, 7) is 7.56. The molecule has 90 valence electrons. The highest BCUT2D eigenvalue weighted by Gasteiger charge is 2.35. The van der Waals surface area contributed by atoms with Gasteiger partial charge >= 0.3 is 5.97 Å². The van der Waals surface area contributed by atoms with Crippen LogP contribution in [0.2, 0.25) is 0 Å². The first-order chi connectivity index (χ1) is 6.83. The van der Waals surface area contributed by atoms with Gasteiger partial charge in [0.15, 0.2) is 0 Å². The van der Waals surface area contributed by atoms with Crippen LogP contribution in [0.4, 0.5) is 0 Å². The number of carboxylic acids is 1. The van der Waals surface area contributed by atoms with Crippen molar-refractivity contribution in [2.24, 2.45) is 0 Å². The molecule has 0 rings (SSSR count). The van der Waals surface area contributed by atoms with Gasteiger partial charge in [-0.15, -0.1) is 0 Å². The van der Waals surface area contributed by atoms with Gasteiger partial charge in [-0.05, 0) is 26.2 Å². The summed E-state index contributed by atoms with van der Waals surface area (Å²) < 4.78 is 0. The normalized spacial score (nSPS) is 16.1. The van der Waals surface area contributed by atoms with Crippen LogP contribution in [0.15, 0.2) is 0 Å². The first kappa shape index (κ1) is 14.4. The lowest BCUT2D eigenvalue weighted by Gasteiger charge is -2.32. The van der Waals surface area contributed by atoms with Crippen LogP contribution in [-0.2, 0) is 4.79 Å². The summed E-state index contributed by atoms with van der Waals surface area (Å²) in [7, 11) is 0.